The maximum absolute atomic E-state index is 2.46. The van der Waals surface area contributed by atoms with E-state index in [-0.39, 0.29) is 0 Å². The molecule has 0 N–H and O–H groups in total. The van der Waals surface area contributed by atoms with Crippen molar-refractivity contribution >= 4 is 0 Å². The van der Waals surface area contributed by atoms with Crippen LogP contribution in [-0.2, 0) is 0 Å². The van der Waals surface area contributed by atoms with Crippen molar-refractivity contribution in [2.24, 2.45) is 11.8 Å². The number of hydrogen-bond acceptors (Lipinski definition) is 0. The van der Waals surface area contributed by atoms with E-state index in [0.717, 1.165) is 11.8 Å². The minimum Gasteiger partial charge on any atom is -0.0825 e. The molecule has 0 amide bonds. The molecule has 76 valence electrons. The lowest BCUT2D eigenvalue weighted by molar-refractivity contribution is 0.397. The molecule has 0 spiro atoms. The Balaban J connectivity index is 2.10. The quantitative estimate of drug-likeness (QED) is 0.430. The normalized spacial score (nSPS) is 27.8. The fraction of sp³-hybridized carbons (Fsp3) is 0.846. The summed E-state index contributed by atoms with van der Waals surface area (Å²) in [7, 11) is 0. The second-order valence-electron chi connectivity index (χ2n) is 4.69. The third-order valence-electron chi connectivity index (χ3n) is 3.30. The molecule has 0 radical (unpaired) electrons. The van der Waals surface area contributed by atoms with Crippen LogP contribution in [0.15, 0.2) is 11.6 Å². The molecule has 13 heavy (non-hydrogen) atoms. The van der Waals surface area contributed by atoms with Gasteiger partial charge in [0.2, 0.25) is 0 Å². The summed E-state index contributed by atoms with van der Waals surface area (Å²) >= 11 is 0. The van der Waals surface area contributed by atoms with Crippen molar-refractivity contribution < 1.29 is 0 Å². The standard InChI is InChI=1S/C13H24/c1-4-5-6-7-8-13-10-11(2)9-12(13)3/h9,12-13H,4-8,10H2,1-3H3. The van der Waals surface area contributed by atoms with E-state index >= 15 is 0 Å². The van der Waals surface area contributed by atoms with Gasteiger partial charge in [0.25, 0.3) is 0 Å². The van der Waals surface area contributed by atoms with Gasteiger partial charge >= 0.3 is 0 Å². The van der Waals surface area contributed by atoms with Crippen LogP contribution in [0.4, 0.5) is 0 Å². The molecule has 0 aliphatic heterocycles. The van der Waals surface area contributed by atoms with Crippen LogP contribution in [0.1, 0.15) is 59.3 Å². The topological polar surface area (TPSA) is 0 Å². The highest BCUT2D eigenvalue weighted by molar-refractivity contribution is 5.10. The van der Waals surface area contributed by atoms with Gasteiger partial charge in [-0.15, -0.1) is 0 Å². The van der Waals surface area contributed by atoms with Crippen LogP contribution in [0, 0.1) is 11.8 Å². The Bertz CT molecular complexity index is 167. The second-order valence-corrected chi connectivity index (χ2v) is 4.69. The van der Waals surface area contributed by atoms with Gasteiger partial charge in [-0.3, -0.25) is 0 Å². The molecule has 1 rings (SSSR count). The van der Waals surface area contributed by atoms with Gasteiger partial charge in [0, 0.05) is 0 Å². The van der Waals surface area contributed by atoms with Gasteiger partial charge in [-0.05, 0) is 31.6 Å². The van der Waals surface area contributed by atoms with E-state index < -0.39 is 0 Å². The summed E-state index contributed by atoms with van der Waals surface area (Å²) < 4.78 is 0. The highest BCUT2D eigenvalue weighted by Gasteiger charge is 2.20. The van der Waals surface area contributed by atoms with Crippen molar-refractivity contribution in [1.29, 1.82) is 0 Å². The summed E-state index contributed by atoms with van der Waals surface area (Å²) in [5.74, 6) is 1.82. The maximum atomic E-state index is 2.46. The molecule has 0 aromatic heterocycles. The molecule has 0 saturated heterocycles. The largest absolute Gasteiger partial charge is 0.0825 e. The molecule has 0 nitrogen and oxygen atoms in total. The summed E-state index contributed by atoms with van der Waals surface area (Å²) in [6.07, 6.45) is 11.0. The third-order valence-corrected chi connectivity index (χ3v) is 3.30. The molecule has 0 heterocycles. The minimum atomic E-state index is 0.849. The Morgan fingerprint density at radius 1 is 1.31 bits per heavy atom. The summed E-state index contributed by atoms with van der Waals surface area (Å²) in [6, 6.07) is 0. The Morgan fingerprint density at radius 3 is 2.62 bits per heavy atom. The van der Waals surface area contributed by atoms with Crippen molar-refractivity contribution in [1.82, 2.24) is 0 Å². The average Bonchev–Trinajstić information content (AvgIpc) is 2.39. The number of unbranched alkanes of at least 4 members (excludes halogenated alkanes) is 3. The number of rotatable bonds is 5. The summed E-state index contributed by atoms with van der Waals surface area (Å²) in [5, 5.41) is 0. The smallest absolute Gasteiger partial charge is 0.0228 e. The van der Waals surface area contributed by atoms with Gasteiger partial charge in [-0.25, -0.2) is 0 Å². The van der Waals surface area contributed by atoms with E-state index in [1.54, 1.807) is 5.57 Å². The average molecular weight is 180 g/mol. The first-order valence-corrected chi connectivity index (χ1v) is 5.91. The molecule has 0 aromatic rings. The van der Waals surface area contributed by atoms with Crippen LogP contribution in [0.2, 0.25) is 0 Å². The Labute approximate surface area is 83.4 Å². The fourth-order valence-corrected chi connectivity index (χ4v) is 2.45. The molecule has 1 aliphatic rings. The van der Waals surface area contributed by atoms with E-state index in [1.807, 2.05) is 0 Å². The van der Waals surface area contributed by atoms with Crippen molar-refractivity contribution in [3.8, 4) is 0 Å². The van der Waals surface area contributed by atoms with Crippen molar-refractivity contribution in [3.63, 3.8) is 0 Å². The van der Waals surface area contributed by atoms with E-state index in [1.165, 1.54) is 38.5 Å². The van der Waals surface area contributed by atoms with E-state index in [0.29, 0.717) is 0 Å². The van der Waals surface area contributed by atoms with Crippen molar-refractivity contribution in [3.05, 3.63) is 11.6 Å². The first-order chi connectivity index (χ1) is 6.24. The molecule has 0 aromatic carbocycles. The first-order valence-electron chi connectivity index (χ1n) is 5.91. The molecule has 2 unspecified atom stereocenters. The highest BCUT2D eigenvalue weighted by atomic mass is 14.3. The Hall–Kier alpha value is -0.260. The molecule has 2 atom stereocenters. The zero-order valence-corrected chi connectivity index (χ0v) is 9.47. The lowest BCUT2D eigenvalue weighted by atomic mass is 9.91. The summed E-state index contributed by atoms with van der Waals surface area (Å²) in [4.78, 5) is 0. The summed E-state index contributed by atoms with van der Waals surface area (Å²) in [5.41, 5.74) is 1.62. The summed E-state index contributed by atoms with van der Waals surface area (Å²) in [6.45, 7) is 6.94. The highest BCUT2D eigenvalue weighted by Crippen LogP contribution is 2.33. The van der Waals surface area contributed by atoms with E-state index in [9.17, 15) is 0 Å². The number of allylic oxidation sites excluding steroid dienone is 2. The molecule has 1 aliphatic carbocycles. The lowest BCUT2D eigenvalue weighted by Crippen LogP contribution is -2.03. The molecular weight excluding hydrogens is 156 g/mol. The van der Waals surface area contributed by atoms with E-state index in [4.69, 9.17) is 0 Å². The van der Waals surface area contributed by atoms with E-state index in [2.05, 4.69) is 26.8 Å². The Morgan fingerprint density at radius 2 is 2.08 bits per heavy atom. The van der Waals surface area contributed by atoms with Crippen LogP contribution in [0.25, 0.3) is 0 Å². The van der Waals surface area contributed by atoms with Crippen LogP contribution < -0.4 is 0 Å². The maximum Gasteiger partial charge on any atom is -0.0228 e. The molecule has 0 saturated carbocycles. The first kappa shape index (κ1) is 10.8. The minimum absolute atomic E-state index is 0.849. The van der Waals surface area contributed by atoms with Crippen LogP contribution in [-0.4, -0.2) is 0 Å². The molecule has 0 heteroatoms. The molecule has 0 fully saturated rings. The lowest BCUT2D eigenvalue weighted by Gasteiger charge is -2.14. The van der Waals surface area contributed by atoms with Crippen molar-refractivity contribution in [2.45, 2.75) is 59.3 Å². The fourth-order valence-electron chi connectivity index (χ4n) is 2.45. The van der Waals surface area contributed by atoms with Gasteiger partial charge in [-0.2, -0.15) is 0 Å². The van der Waals surface area contributed by atoms with Crippen LogP contribution in [0.3, 0.4) is 0 Å². The Kier molecular flexibility index (Phi) is 4.55. The predicted octanol–water partition coefficient (Wildman–Crippen LogP) is 4.56. The van der Waals surface area contributed by atoms with Crippen molar-refractivity contribution in [2.75, 3.05) is 0 Å². The zero-order valence-electron chi connectivity index (χ0n) is 9.47. The third kappa shape index (κ3) is 3.54. The zero-order chi connectivity index (χ0) is 9.68. The van der Waals surface area contributed by atoms with Crippen LogP contribution in [0.5, 0.6) is 0 Å². The number of hydrogen-bond donors (Lipinski definition) is 0. The van der Waals surface area contributed by atoms with Crippen LogP contribution >= 0.6 is 0 Å². The molecule has 0 bridgehead atoms. The van der Waals surface area contributed by atoms with Gasteiger partial charge in [-0.1, -0.05) is 51.2 Å². The second kappa shape index (κ2) is 5.47. The van der Waals surface area contributed by atoms with Gasteiger partial charge in [0.15, 0.2) is 0 Å². The predicted molar refractivity (Wildman–Crippen MR) is 59.8 cm³/mol. The molecular formula is C13H24. The van der Waals surface area contributed by atoms with Gasteiger partial charge < -0.3 is 0 Å². The van der Waals surface area contributed by atoms with Gasteiger partial charge in [0.05, 0.1) is 0 Å². The van der Waals surface area contributed by atoms with Gasteiger partial charge in [0.1, 0.15) is 0 Å². The SMILES string of the molecule is CCCCCCC1CC(C)=CC1C. The monoisotopic (exact) mass is 180 g/mol.